The molecule has 96 valence electrons. The molecule has 19 heavy (non-hydrogen) atoms. The van der Waals surface area contributed by atoms with Crippen molar-refractivity contribution in [3.63, 3.8) is 0 Å². The number of pyridine rings is 1. The predicted octanol–water partition coefficient (Wildman–Crippen LogP) is 2.08. The highest BCUT2D eigenvalue weighted by Crippen LogP contribution is 2.13. The summed E-state index contributed by atoms with van der Waals surface area (Å²) >= 11 is 0. The van der Waals surface area contributed by atoms with Crippen molar-refractivity contribution in [2.24, 2.45) is 0 Å². The van der Waals surface area contributed by atoms with Gasteiger partial charge in [-0.3, -0.25) is 4.98 Å². The standard InChI is InChI=1S/C14H15N5/c1-3-19(10-12-4-6-16-7-5-12)14-17-11(2)8-13(9-15)18-14/h4-8H,3,10H2,1-2H3. The van der Waals surface area contributed by atoms with Crippen LogP contribution >= 0.6 is 0 Å². The van der Waals surface area contributed by atoms with E-state index < -0.39 is 0 Å². The monoisotopic (exact) mass is 253 g/mol. The molecule has 2 aromatic rings. The molecule has 0 bridgehead atoms. The number of aromatic nitrogens is 3. The Morgan fingerprint density at radius 3 is 2.63 bits per heavy atom. The normalized spacial score (nSPS) is 9.95. The van der Waals surface area contributed by atoms with E-state index in [1.165, 1.54) is 0 Å². The number of nitriles is 1. The second kappa shape index (κ2) is 5.91. The zero-order chi connectivity index (χ0) is 13.7. The smallest absolute Gasteiger partial charge is 0.227 e. The van der Waals surface area contributed by atoms with Crippen molar-refractivity contribution in [1.82, 2.24) is 15.0 Å². The number of nitrogens with zero attached hydrogens (tertiary/aromatic N) is 5. The van der Waals surface area contributed by atoms with E-state index in [2.05, 4.69) is 21.0 Å². The average molecular weight is 253 g/mol. The molecular weight excluding hydrogens is 238 g/mol. The first kappa shape index (κ1) is 13.0. The van der Waals surface area contributed by atoms with Crippen LogP contribution in [0.1, 0.15) is 23.9 Å². The second-order valence-electron chi connectivity index (χ2n) is 4.18. The number of hydrogen-bond donors (Lipinski definition) is 0. The molecule has 5 nitrogen and oxygen atoms in total. The molecule has 0 saturated carbocycles. The van der Waals surface area contributed by atoms with Crippen molar-refractivity contribution in [2.45, 2.75) is 20.4 Å². The van der Waals surface area contributed by atoms with E-state index >= 15 is 0 Å². The maximum atomic E-state index is 8.96. The lowest BCUT2D eigenvalue weighted by molar-refractivity contribution is 0.784. The molecule has 5 heteroatoms. The van der Waals surface area contributed by atoms with Crippen molar-refractivity contribution in [1.29, 1.82) is 5.26 Å². The molecule has 2 aromatic heterocycles. The molecule has 2 rings (SSSR count). The molecule has 0 amide bonds. The average Bonchev–Trinajstić information content (AvgIpc) is 2.45. The van der Waals surface area contributed by atoms with Gasteiger partial charge in [0, 0.05) is 31.2 Å². The molecular formula is C14H15N5. The highest BCUT2D eigenvalue weighted by atomic mass is 15.2. The summed E-state index contributed by atoms with van der Waals surface area (Å²) in [6.45, 7) is 5.38. The zero-order valence-corrected chi connectivity index (χ0v) is 11.0. The van der Waals surface area contributed by atoms with Crippen LogP contribution in [-0.4, -0.2) is 21.5 Å². The van der Waals surface area contributed by atoms with Gasteiger partial charge in [0.05, 0.1) is 0 Å². The van der Waals surface area contributed by atoms with Crippen LogP contribution in [0, 0.1) is 18.3 Å². The summed E-state index contributed by atoms with van der Waals surface area (Å²) in [6.07, 6.45) is 3.53. The molecule has 0 unspecified atom stereocenters. The first-order chi connectivity index (χ1) is 9.22. The van der Waals surface area contributed by atoms with Gasteiger partial charge in [0.25, 0.3) is 0 Å². The van der Waals surface area contributed by atoms with E-state index in [0.29, 0.717) is 18.2 Å². The summed E-state index contributed by atoms with van der Waals surface area (Å²) in [7, 11) is 0. The van der Waals surface area contributed by atoms with Crippen molar-refractivity contribution in [3.05, 3.63) is 47.5 Å². The third-order valence-electron chi connectivity index (χ3n) is 2.74. The summed E-state index contributed by atoms with van der Waals surface area (Å²) in [5, 5.41) is 8.96. The Hall–Kier alpha value is -2.48. The van der Waals surface area contributed by atoms with Crippen LogP contribution in [0.2, 0.25) is 0 Å². The Morgan fingerprint density at radius 2 is 2.00 bits per heavy atom. The van der Waals surface area contributed by atoms with Crippen molar-refractivity contribution in [2.75, 3.05) is 11.4 Å². The van der Waals surface area contributed by atoms with Crippen LogP contribution in [-0.2, 0) is 6.54 Å². The fraction of sp³-hybridized carbons (Fsp3) is 0.286. The summed E-state index contributed by atoms with van der Waals surface area (Å²) in [5.41, 5.74) is 2.34. The van der Waals surface area contributed by atoms with Gasteiger partial charge in [-0.2, -0.15) is 5.26 Å². The topological polar surface area (TPSA) is 65.7 Å². The lowest BCUT2D eigenvalue weighted by Crippen LogP contribution is -2.24. The van der Waals surface area contributed by atoms with Crippen LogP contribution in [0.15, 0.2) is 30.6 Å². The summed E-state index contributed by atoms with van der Waals surface area (Å²) < 4.78 is 0. The van der Waals surface area contributed by atoms with E-state index in [1.807, 2.05) is 30.9 Å². The van der Waals surface area contributed by atoms with Crippen LogP contribution in [0.4, 0.5) is 5.95 Å². The van der Waals surface area contributed by atoms with E-state index in [4.69, 9.17) is 5.26 Å². The van der Waals surface area contributed by atoms with Crippen LogP contribution < -0.4 is 4.90 Å². The maximum Gasteiger partial charge on any atom is 0.227 e. The first-order valence-electron chi connectivity index (χ1n) is 6.12. The maximum absolute atomic E-state index is 8.96. The van der Waals surface area contributed by atoms with Gasteiger partial charge in [-0.1, -0.05) is 0 Å². The lowest BCUT2D eigenvalue weighted by atomic mass is 10.2. The van der Waals surface area contributed by atoms with Crippen LogP contribution in [0.3, 0.4) is 0 Å². The number of rotatable bonds is 4. The van der Waals surface area contributed by atoms with E-state index in [0.717, 1.165) is 17.8 Å². The Balaban J connectivity index is 2.27. The van der Waals surface area contributed by atoms with Gasteiger partial charge in [0.1, 0.15) is 11.8 Å². The Morgan fingerprint density at radius 1 is 1.26 bits per heavy atom. The molecule has 0 aliphatic rings. The van der Waals surface area contributed by atoms with Gasteiger partial charge >= 0.3 is 0 Å². The third kappa shape index (κ3) is 3.26. The molecule has 0 atom stereocenters. The van der Waals surface area contributed by atoms with Gasteiger partial charge in [-0.05, 0) is 37.6 Å². The first-order valence-corrected chi connectivity index (χ1v) is 6.12. The largest absolute Gasteiger partial charge is 0.337 e. The van der Waals surface area contributed by atoms with Crippen LogP contribution in [0.25, 0.3) is 0 Å². The van der Waals surface area contributed by atoms with Crippen molar-refractivity contribution >= 4 is 5.95 Å². The summed E-state index contributed by atoms with van der Waals surface area (Å²) in [5.74, 6) is 0.593. The van der Waals surface area contributed by atoms with Crippen molar-refractivity contribution in [3.8, 4) is 6.07 Å². The molecule has 2 heterocycles. The van der Waals surface area contributed by atoms with Gasteiger partial charge in [-0.25, -0.2) is 9.97 Å². The van der Waals surface area contributed by atoms with Crippen molar-refractivity contribution < 1.29 is 0 Å². The lowest BCUT2D eigenvalue weighted by Gasteiger charge is -2.21. The Kier molecular flexibility index (Phi) is 4.04. The quantitative estimate of drug-likeness (QED) is 0.834. The highest BCUT2D eigenvalue weighted by Gasteiger charge is 2.10. The molecule has 0 N–H and O–H groups in total. The number of anilines is 1. The van der Waals surface area contributed by atoms with Gasteiger partial charge < -0.3 is 4.90 Å². The van der Waals surface area contributed by atoms with Gasteiger partial charge in [0.15, 0.2) is 0 Å². The minimum absolute atomic E-state index is 0.399. The molecule has 0 aliphatic heterocycles. The van der Waals surface area contributed by atoms with Crippen LogP contribution in [0.5, 0.6) is 0 Å². The fourth-order valence-electron chi connectivity index (χ4n) is 1.78. The number of aryl methyl sites for hydroxylation is 1. The molecule has 0 fully saturated rings. The Labute approximate surface area is 112 Å². The molecule has 0 radical (unpaired) electrons. The minimum atomic E-state index is 0.399. The highest BCUT2D eigenvalue weighted by molar-refractivity contribution is 5.36. The molecule has 0 aliphatic carbocycles. The molecule has 0 aromatic carbocycles. The summed E-state index contributed by atoms with van der Waals surface area (Å²) in [6, 6.07) is 7.67. The number of hydrogen-bond acceptors (Lipinski definition) is 5. The SMILES string of the molecule is CCN(Cc1ccncc1)c1nc(C)cc(C#N)n1. The fourth-order valence-corrected chi connectivity index (χ4v) is 1.78. The second-order valence-corrected chi connectivity index (χ2v) is 4.18. The molecule has 0 saturated heterocycles. The van der Waals surface area contributed by atoms with Gasteiger partial charge in [-0.15, -0.1) is 0 Å². The third-order valence-corrected chi connectivity index (χ3v) is 2.74. The Bertz CT molecular complexity index is 589. The zero-order valence-electron chi connectivity index (χ0n) is 11.0. The predicted molar refractivity (Wildman–Crippen MR) is 72.4 cm³/mol. The minimum Gasteiger partial charge on any atom is -0.337 e. The summed E-state index contributed by atoms with van der Waals surface area (Å²) in [4.78, 5) is 14.7. The van der Waals surface area contributed by atoms with Gasteiger partial charge in [0.2, 0.25) is 5.95 Å². The van der Waals surface area contributed by atoms with E-state index in [1.54, 1.807) is 18.5 Å². The molecule has 0 spiro atoms. The van der Waals surface area contributed by atoms with E-state index in [9.17, 15) is 0 Å². The van der Waals surface area contributed by atoms with E-state index in [-0.39, 0.29) is 0 Å².